The summed E-state index contributed by atoms with van der Waals surface area (Å²) in [6, 6.07) is 23.4. The Morgan fingerprint density at radius 3 is 2.32 bits per heavy atom. The van der Waals surface area contributed by atoms with Gasteiger partial charge in [-0.1, -0.05) is 63.2 Å². The second kappa shape index (κ2) is 9.45. The molecule has 1 aliphatic heterocycles. The molecule has 186 valence electrons. The van der Waals surface area contributed by atoms with Crippen LogP contribution < -0.4 is 10.2 Å². The highest BCUT2D eigenvalue weighted by molar-refractivity contribution is 6.04. The zero-order chi connectivity index (χ0) is 25.4. The summed E-state index contributed by atoms with van der Waals surface area (Å²) in [5.74, 6) is 1.81. The Balaban J connectivity index is 1.40. The first kappa shape index (κ1) is 23.4. The summed E-state index contributed by atoms with van der Waals surface area (Å²) in [6.45, 7) is 9.78. The van der Waals surface area contributed by atoms with Gasteiger partial charge in [0, 0.05) is 41.3 Å². The van der Waals surface area contributed by atoms with Gasteiger partial charge in [-0.05, 0) is 46.2 Å². The molecule has 0 amide bonds. The molecule has 3 heterocycles. The topological polar surface area (TPSA) is 63.2 Å². The van der Waals surface area contributed by atoms with Crippen molar-refractivity contribution in [1.82, 2.24) is 15.0 Å². The third-order valence-electron chi connectivity index (χ3n) is 7.04. The van der Waals surface area contributed by atoms with Crippen molar-refractivity contribution in [2.75, 3.05) is 36.5 Å². The summed E-state index contributed by atoms with van der Waals surface area (Å²) < 4.78 is 5.55. The van der Waals surface area contributed by atoms with Gasteiger partial charge >= 0.3 is 0 Å². The molecule has 37 heavy (non-hydrogen) atoms. The number of nitrogens with one attached hydrogen (secondary N) is 1. The van der Waals surface area contributed by atoms with Crippen molar-refractivity contribution in [3.8, 4) is 11.1 Å². The lowest BCUT2D eigenvalue weighted by Crippen LogP contribution is -2.36. The minimum absolute atomic E-state index is 0.123. The van der Waals surface area contributed by atoms with E-state index < -0.39 is 0 Å². The number of benzene rings is 3. The van der Waals surface area contributed by atoms with Crippen LogP contribution in [0.2, 0.25) is 0 Å². The molecule has 6 nitrogen and oxygen atoms in total. The number of pyridine rings is 1. The third kappa shape index (κ3) is 4.60. The molecule has 1 saturated heterocycles. The molecule has 0 aliphatic carbocycles. The van der Waals surface area contributed by atoms with E-state index in [1.54, 1.807) is 6.33 Å². The molecule has 0 spiro atoms. The van der Waals surface area contributed by atoms with E-state index in [2.05, 4.69) is 108 Å². The number of nitrogens with zero attached hydrogens (tertiary/aromatic N) is 4. The van der Waals surface area contributed by atoms with E-state index in [0.29, 0.717) is 13.2 Å². The van der Waals surface area contributed by atoms with Crippen LogP contribution in [0.4, 0.5) is 17.3 Å². The highest BCUT2D eigenvalue weighted by atomic mass is 16.5. The molecule has 1 fully saturated rings. The second-order valence-electron chi connectivity index (χ2n) is 10.5. The maximum absolute atomic E-state index is 5.55. The van der Waals surface area contributed by atoms with Crippen LogP contribution in [0.3, 0.4) is 0 Å². The van der Waals surface area contributed by atoms with Crippen molar-refractivity contribution in [3.63, 3.8) is 0 Å². The lowest BCUT2D eigenvalue weighted by molar-refractivity contribution is 0.122. The summed E-state index contributed by atoms with van der Waals surface area (Å²) in [6.07, 6.45) is 3.62. The quantitative estimate of drug-likeness (QED) is 0.302. The first-order valence-corrected chi connectivity index (χ1v) is 12.8. The molecule has 6 rings (SSSR count). The van der Waals surface area contributed by atoms with Crippen molar-refractivity contribution in [3.05, 3.63) is 84.8 Å². The van der Waals surface area contributed by atoms with Gasteiger partial charge in [0.1, 0.15) is 18.0 Å². The van der Waals surface area contributed by atoms with Crippen molar-refractivity contribution in [1.29, 1.82) is 0 Å². The Labute approximate surface area is 217 Å². The molecule has 2 aromatic heterocycles. The van der Waals surface area contributed by atoms with Gasteiger partial charge in [-0.2, -0.15) is 0 Å². The fourth-order valence-electron chi connectivity index (χ4n) is 4.95. The van der Waals surface area contributed by atoms with Crippen LogP contribution in [0, 0.1) is 0 Å². The number of anilines is 3. The van der Waals surface area contributed by atoms with Crippen molar-refractivity contribution in [2.24, 2.45) is 0 Å². The molecule has 6 heteroatoms. The number of hydrogen-bond donors (Lipinski definition) is 1. The minimum atomic E-state index is 0.123. The maximum Gasteiger partial charge on any atom is 0.140 e. The summed E-state index contributed by atoms with van der Waals surface area (Å²) in [5.41, 5.74) is 5.58. The van der Waals surface area contributed by atoms with Gasteiger partial charge in [0.05, 0.1) is 18.7 Å². The van der Waals surface area contributed by atoms with Crippen LogP contribution >= 0.6 is 0 Å². The first-order valence-electron chi connectivity index (χ1n) is 12.8. The van der Waals surface area contributed by atoms with Crippen LogP contribution in [-0.2, 0) is 10.2 Å². The molecule has 0 unspecified atom stereocenters. The number of hydrogen-bond acceptors (Lipinski definition) is 6. The van der Waals surface area contributed by atoms with Crippen LogP contribution in [0.25, 0.3) is 32.8 Å². The molecular weight excluding hydrogens is 458 g/mol. The predicted molar refractivity (Wildman–Crippen MR) is 152 cm³/mol. The second-order valence-corrected chi connectivity index (χ2v) is 10.5. The molecule has 0 atom stereocenters. The van der Waals surface area contributed by atoms with Crippen molar-refractivity contribution in [2.45, 2.75) is 26.2 Å². The number of morpholine rings is 1. The van der Waals surface area contributed by atoms with E-state index >= 15 is 0 Å². The first-order chi connectivity index (χ1) is 18.0. The van der Waals surface area contributed by atoms with Crippen molar-refractivity contribution >= 4 is 39.0 Å². The average Bonchev–Trinajstić information content (AvgIpc) is 2.93. The Hall–Kier alpha value is -4.03. The average molecular weight is 490 g/mol. The summed E-state index contributed by atoms with van der Waals surface area (Å²) in [5, 5.41) is 6.81. The molecular formula is C31H31N5O. The smallest absolute Gasteiger partial charge is 0.140 e. The van der Waals surface area contributed by atoms with Crippen LogP contribution in [-0.4, -0.2) is 41.3 Å². The van der Waals surface area contributed by atoms with E-state index in [4.69, 9.17) is 9.72 Å². The highest BCUT2D eigenvalue weighted by Crippen LogP contribution is 2.35. The highest BCUT2D eigenvalue weighted by Gasteiger charge is 2.17. The lowest BCUT2D eigenvalue weighted by atomic mass is 9.87. The van der Waals surface area contributed by atoms with Gasteiger partial charge in [0.15, 0.2) is 0 Å². The zero-order valence-corrected chi connectivity index (χ0v) is 21.5. The molecule has 0 radical (unpaired) electrons. The zero-order valence-electron chi connectivity index (χ0n) is 21.5. The van der Waals surface area contributed by atoms with Gasteiger partial charge in [0.25, 0.3) is 0 Å². The SMILES string of the molecule is CC(C)(C)c1ccc(Nc2ncc(-c3ccc4ncnc(N5CCOCC5)c4c3)c3ccccc23)cc1. The standard InChI is InChI=1S/C31H31N5O/c1-31(2,3)22-9-11-23(12-10-22)35-29-25-7-5-4-6-24(25)27(19-32-29)21-8-13-28-26(18-21)30(34-20-33-28)36-14-16-37-17-15-36/h4-13,18-20H,14-17H2,1-3H3,(H,32,35). The van der Waals surface area contributed by atoms with Gasteiger partial charge in [-0.25, -0.2) is 15.0 Å². The number of fused-ring (bicyclic) bond motifs is 2. The molecule has 1 N–H and O–H groups in total. The Morgan fingerprint density at radius 1 is 0.811 bits per heavy atom. The van der Waals surface area contributed by atoms with E-state index in [-0.39, 0.29) is 5.41 Å². The van der Waals surface area contributed by atoms with Gasteiger partial charge in [0.2, 0.25) is 0 Å². The fourth-order valence-corrected chi connectivity index (χ4v) is 4.95. The normalized spacial score (nSPS) is 14.3. The minimum Gasteiger partial charge on any atom is -0.378 e. The van der Waals surface area contributed by atoms with E-state index in [1.165, 1.54) is 5.56 Å². The maximum atomic E-state index is 5.55. The number of rotatable bonds is 4. The molecule has 0 bridgehead atoms. The van der Waals surface area contributed by atoms with E-state index in [0.717, 1.165) is 63.2 Å². The molecule has 3 aromatic carbocycles. The lowest BCUT2D eigenvalue weighted by Gasteiger charge is -2.28. The summed E-state index contributed by atoms with van der Waals surface area (Å²) in [4.78, 5) is 16.3. The summed E-state index contributed by atoms with van der Waals surface area (Å²) >= 11 is 0. The Morgan fingerprint density at radius 2 is 1.57 bits per heavy atom. The Kier molecular flexibility index (Phi) is 5.97. The molecule has 0 saturated carbocycles. The Bertz CT molecular complexity index is 1570. The number of ether oxygens (including phenoxy) is 1. The largest absolute Gasteiger partial charge is 0.378 e. The van der Waals surface area contributed by atoms with Crippen LogP contribution in [0.15, 0.2) is 79.3 Å². The fraction of sp³-hybridized carbons (Fsp3) is 0.258. The number of aromatic nitrogens is 3. The monoisotopic (exact) mass is 489 g/mol. The molecule has 1 aliphatic rings. The summed E-state index contributed by atoms with van der Waals surface area (Å²) in [7, 11) is 0. The van der Waals surface area contributed by atoms with Crippen molar-refractivity contribution < 1.29 is 4.74 Å². The van der Waals surface area contributed by atoms with Gasteiger partial charge in [-0.15, -0.1) is 0 Å². The van der Waals surface area contributed by atoms with Gasteiger partial charge < -0.3 is 15.0 Å². The van der Waals surface area contributed by atoms with Crippen LogP contribution in [0.1, 0.15) is 26.3 Å². The van der Waals surface area contributed by atoms with E-state index in [1.807, 2.05) is 6.20 Å². The molecule has 5 aromatic rings. The van der Waals surface area contributed by atoms with Gasteiger partial charge in [-0.3, -0.25) is 0 Å². The third-order valence-corrected chi connectivity index (χ3v) is 7.04. The van der Waals surface area contributed by atoms with Crippen LogP contribution in [0.5, 0.6) is 0 Å². The predicted octanol–water partition coefficient (Wildman–Crippen LogP) is 6.72. The van der Waals surface area contributed by atoms with E-state index in [9.17, 15) is 0 Å².